The Kier molecular flexibility index (Phi) is 1.83. The minimum absolute atomic E-state index is 0.0920. The van der Waals surface area contributed by atoms with Crippen molar-refractivity contribution < 1.29 is 4.39 Å². The van der Waals surface area contributed by atoms with Crippen LogP contribution in [-0.4, -0.2) is 17.7 Å². The Bertz CT molecular complexity index is 294. The topological polar surface area (TPSA) is 37.3 Å². The molecular weight excluding hydrogens is 157 g/mol. The molecule has 62 valence electrons. The Morgan fingerprint density at radius 2 is 2.42 bits per heavy atom. The van der Waals surface area contributed by atoms with Crippen LogP contribution in [-0.2, 0) is 0 Å². The highest BCUT2D eigenvalue weighted by Gasteiger charge is 2.12. The third-order valence-electron chi connectivity index (χ3n) is 1.69. The van der Waals surface area contributed by atoms with E-state index in [9.17, 15) is 4.39 Å². The molecule has 2 heterocycles. The van der Waals surface area contributed by atoms with Gasteiger partial charge in [-0.3, -0.25) is 15.3 Å². The van der Waals surface area contributed by atoms with Crippen LogP contribution in [0.5, 0.6) is 0 Å². The van der Waals surface area contributed by atoms with Crippen molar-refractivity contribution in [3.63, 3.8) is 0 Å². The quantitative estimate of drug-likeness (QED) is 0.671. The van der Waals surface area contributed by atoms with Crippen LogP contribution in [0.3, 0.4) is 0 Å². The van der Waals surface area contributed by atoms with Crippen LogP contribution in [0.15, 0.2) is 23.3 Å². The Labute approximate surface area is 69.4 Å². The standard InChI is InChI=1S/C8H8FN3/c9-6-1-2-7(12-5-6)8-10-3-4-11-8/h1-3,5,8,11H,4H2. The summed E-state index contributed by atoms with van der Waals surface area (Å²) in [7, 11) is 0. The van der Waals surface area contributed by atoms with Gasteiger partial charge in [0.1, 0.15) is 12.0 Å². The van der Waals surface area contributed by atoms with Crippen molar-refractivity contribution in [1.82, 2.24) is 10.3 Å². The number of hydrogen-bond acceptors (Lipinski definition) is 3. The van der Waals surface area contributed by atoms with Crippen LogP contribution in [0.4, 0.5) is 4.39 Å². The lowest BCUT2D eigenvalue weighted by molar-refractivity contribution is 0.597. The SMILES string of the molecule is Fc1ccc(C2N=CCN2)nc1. The van der Waals surface area contributed by atoms with Gasteiger partial charge in [0.25, 0.3) is 0 Å². The third kappa shape index (κ3) is 1.33. The molecule has 4 heteroatoms. The van der Waals surface area contributed by atoms with Gasteiger partial charge < -0.3 is 0 Å². The molecule has 1 aromatic rings. The molecule has 1 aliphatic heterocycles. The molecule has 0 amide bonds. The van der Waals surface area contributed by atoms with Crippen molar-refractivity contribution in [3.8, 4) is 0 Å². The van der Waals surface area contributed by atoms with E-state index in [0.29, 0.717) is 0 Å². The Morgan fingerprint density at radius 1 is 1.50 bits per heavy atom. The van der Waals surface area contributed by atoms with Gasteiger partial charge in [-0.15, -0.1) is 0 Å². The van der Waals surface area contributed by atoms with Crippen molar-refractivity contribution in [2.75, 3.05) is 6.54 Å². The van der Waals surface area contributed by atoms with Crippen molar-refractivity contribution in [2.45, 2.75) is 6.17 Å². The number of halogens is 1. The number of aliphatic imine (C=N–C) groups is 1. The second-order valence-corrected chi connectivity index (χ2v) is 2.54. The van der Waals surface area contributed by atoms with Crippen molar-refractivity contribution in [2.24, 2.45) is 4.99 Å². The number of rotatable bonds is 1. The molecule has 12 heavy (non-hydrogen) atoms. The zero-order valence-electron chi connectivity index (χ0n) is 6.37. The van der Waals surface area contributed by atoms with Gasteiger partial charge in [0, 0.05) is 12.8 Å². The average Bonchev–Trinajstić information content (AvgIpc) is 2.58. The second kappa shape index (κ2) is 2.98. The van der Waals surface area contributed by atoms with Gasteiger partial charge in [0.15, 0.2) is 0 Å². The van der Waals surface area contributed by atoms with E-state index >= 15 is 0 Å². The molecule has 0 aromatic carbocycles. The highest BCUT2D eigenvalue weighted by Crippen LogP contribution is 2.13. The van der Waals surface area contributed by atoms with Crippen LogP contribution in [0.2, 0.25) is 0 Å². The van der Waals surface area contributed by atoms with Gasteiger partial charge in [0.05, 0.1) is 11.9 Å². The molecule has 1 aliphatic rings. The summed E-state index contributed by atoms with van der Waals surface area (Å²) >= 11 is 0. The molecular formula is C8H8FN3. The summed E-state index contributed by atoms with van der Waals surface area (Å²) in [5.74, 6) is -0.319. The van der Waals surface area contributed by atoms with Crippen molar-refractivity contribution >= 4 is 6.21 Å². The molecule has 0 saturated carbocycles. The van der Waals surface area contributed by atoms with E-state index < -0.39 is 0 Å². The van der Waals surface area contributed by atoms with E-state index in [1.807, 2.05) is 0 Å². The molecule has 3 nitrogen and oxygen atoms in total. The van der Waals surface area contributed by atoms with E-state index in [4.69, 9.17) is 0 Å². The first-order chi connectivity index (χ1) is 5.86. The largest absolute Gasteiger partial charge is 0.286 e. The molecule has 2 rings (SSSR count). The summed E-state index contributed by atoms with van der Waals surface area (Å²) in [4.78, 5) is 8.02. The van der Waals surface area contributed by atoms with Crippen LogP contribution in [0.1, 0.15) is 11.9 Å². The Morgan fingerprint density at radius 3 is 3.00 bits per heavy atom. The monoisotopic (exact) mass is 165 g/mol. The smallest absolute Gasteiger partial charge is 0.142 e. The Balaban J connectivity index is 2.23. The summed E-state index contributed by atoms with van der Waals surface area (Å²) in [6.45, 7) is 0.754. The number of nitrogens with one attached hydrogen (secondary N) is 1. The third-order valence-corrected chi connectivity index (χ3v) is 1.69. The summed E-state index contributed by atoms with van der Waals surface area (Å²) in [5, 5.41) is 3.09. The zero-order valence-corrected chi connectivity index (χ0v) is 6.37. The molecule has 1 atom stereocenters. The number of nitrogens with zero attached hydrogens (tertiary/aromatic N) is 2. The lowest BCUT2D eigenvalue weighted by Gasteiger charge is -2.05. The molecule has 1 aromatic heterocycles. The summed E-state index contributed by atoms with van der Waals surface area (Å²) in [6, 6.07) is 3.02. The highest BCUT2D eigenvalue weighted by atomic mass is 19.1. The van der Waals surface area contributed by atoms with E-state index in [1.54, 1.807) is 12.3 Å². The predicted molar refractivity (Wildman–Crippen MR) is 43.4 cm³/mol. The minimum Gasteiger partial charge on any atom is -0.286 e. The lowest BCUT2D eigenvalue weighted by atomic mass is 10.3. The predicted octanol–water partition coefficient (Wildman–Crippen LogP) is 0.893. The zero-order chi connectivity index (χ0) is 8.39. The van der Waals surface area contributed by atoms with Gasteiger partial charge in [0.2, 0.25) is 0 Å². The van der Waals surface area contributed by atoms with Crippen LogP contribution >= 0.6 is 0 Å². The molecule has 0 saturated heterocycles. The fraction of sp³-hybridized carbons (Fsp3) is 0.250. The number of pyridine rings is 1. The average molecular weight is 165 g/mol. The van der Waals surface area contributed by atoms with E-state index in [1.165, 1.54) is 12.3 Å². The maximum absolute atomic E-state index is 12.5. The second-order valence-electron chi connectivity index (χ2n) is 2.54. The normalized spacial score (nSPS) is 21.6. The summed E-state index contributed by atoms with van der Waals surface area (Å²) in [5.41, 5.74) is 0.755. The molecule has 1 N–H and O–H groups in total. The van der Waals surface area contributed by atoms with Crippen molar-refractivity contribution in [3.05, 3.63) is 29.8 Å². The fourth-order valence-corrected chi connectivity index (χ4v) is 1.11. The first kappa shape index (κ1) is 7.36. The summed E-state index contributed by atoms with van der Waals surface area (Å²) in [6.07, 6.45) is 2.89. The number of hydrogen-bond donors (Lipinski definition) is 1. The van der Waals surface area contributed by atoms with E-state index in [2.05, 4.69) is 15.3 Å². The minimum atomic E-state index is -0.319. The highest BCUT2D eigenvalue weighted by molar-refractivity contribution is 5.62. The first-order valence-corrected chi connectivity index (χ1v) is 3.73. The lowest BCUT2D eigenvalue weighted by Crippen LogP contribution is -2.15. The Hall–Kier alpha value is -1.29. The van der Waals surface area contributed by atoms with E-state index in [0.717, 1.165) is 12.2 Å². The van der Waals surface area contributed by atoms with Gasteiger partial charge in [-0.25, -0.2) is 4.39 Å². The molecule has 1 unspecified atom stereocenters. The van der Waals surface area contributed by atoms with Gasteiger partial charge in [-0.1, -0.05) is 0 Å². The maximum Gasteiger partial charge on any atom is 0.142 e. The number of aromatic nitrogens is 1. The van der Waals surface area contributed by atoms with Crippen molar-refractivity contribution in [1.29, 1.82) is 0 Å². The van der Waals surface area contributed by atoms with Gasteiger partial charge >= 0.3 is 0 Å². The molecule has 0 bridgehead atoms. The molecule has 0 spiro atoms. The first-order valence-electron chi connectivity index (χ1n) is 3.73. The fourth-order valence-electron chi connectivity index (χ4n) is 1.11. The molecule has 0 aliphatic carbocycles. The van der Waals surface area contributed by atoms with Crippen LogP contribution in [0, 0.1) is 5.82 Å². The molecule has 0 radical (unpaired) electrons. The van der Waals surface area contributed by atoms with Gasteiger partial charge in [-0.05, 0) is 12.1 Å². The van der Waals surface area contributed by atoms with Crippen LogP contribution < -0.4 is 5.32 Å². The summed E-state index contributed by atoms with van der Waals surface area (Å²) < 4.78 is 12.5. The van der Waals surface area contributed by atoms with Crippen LogP contribution in [0.25, 0.3) is 0 Å². The van der Waals surface area contributed by atoms with E-state index in [-0.39, 0.29) is 12.0 Å². The molecule has 0 fully saturated rings. The maximum atomic E-state index is 12.5. The van der Waals surface area contributed by atoms with Gasteiger partial charge in [-0.2, -0.15) is 0 Å².